The van der Waals surface area contributed by atoms with E-state index in [1.807, 2.05) is 31.4 Å². The predicted octanol–water partition coefficient (Wildman–Crippen LogP) is 2.19. The average Bonchev–Trinajstić information content (AvgIpc) is 2.74. The summed E-state index contributed by atoms with van der Waals surface area (Å²) in [6.07, 6.45) is 0.476. The van der Waals surface area contributed by atoms with Gasteiger partial charge in [-0.1, -0.05) is 19.9 Å². The van der Waals surface area contributed by atoms with E-state index < -0.39 is 5.41 Å². The summed E-state index contributed by atoms with van der Waals surface area (Å²) in [5, 5.41) is 1.90. The molecule has 0 bridgehead atoms. The molecule has 0 atom stereocenters. The first kappa shape index (κ1) is 11.3. The molecule has 0 aliphatic carbocycles. The first-order valence-electron chi connectivity index (χ1n) is 5.37. The van der Waals surface area contributed by atoms with Gasteiger partial charge in [-0.15, -0.1) is 11.3 Å². The van der Waals surface area contributed by atoms with E-state index in [0.717, 1.165) is 4.88 Å². The average molecular weight is 237 g/mol. The molecule has 1 aromatic rings. The van der Waals surface area contributed by atoms with Crippen LogP contribution < -0.4 is 0 Å². The Balaban J connectivity index is 2.13. The molecule has 1 aliphatic rings. The van der Waals surface area contributed by atoms with Gasteiger partial charge in [0.2, 0.25) is 0 Å². The lowest BCUT2D eigenvalue weighted by Gasteiger charge is -2.36. The van der Waals surface area contributed by atoms with Crippen molar-refractivity contribution >= 4 is 23.0 Å². The van der Waals surface area contributed by atoms with E-state index in [1.165, 1.54) is 11.3 Å². The van der Waals surface area contributed by atoms with Crippen LogP contribution in [0.5, 0.6) is 0 Å². The number of amides is 1. The Labute approximate surface area is 99.1 Å². The van der Waals surface area contributed by atoms with Crippen LogP contribution >= 0.6 is 11.3 Å². The van der Waals surface area contributed by atoms with Crippen LogP contribution in [-0.2, 0) is 4.79 Å². The van der Waals surface area contributed by atoms with Crippen LogP contribution in [0.1, 0.15) is 29.9 Å². The molecule has 0 N–H and O–H groups in total. The van der Waals surface area contributed by atoms with E-state index in [2.05, 4.69) is 0 Å². The van der Waals surface area contributed by atoms with E-state index in [-0.39, 0.29) is 11.7 Å². The maximum absolute atomic E-state index is 12.1. The van der Waals surface area contributed by atoms with Gasteiger partial charge in [-0.3, -0.25) is 9.59 Å². The summed E-state index contributed by atoms with van der Waals surface area (Å²) in [4.78, 5) is 26.3. The van der Waals surface area contributed by atoms with Gasteiger partial charge >= 0.3 is 0 Å². The van der Waals surface area contributed by atoms with Crippen LogP contribution in [0.3, 0.4) is 0 Å². The fourth-order valence-electron chi connectivity index (χ4n) is 1.95. The van der Waals surface area contributed by atoms with Gasteiger partial charge in [0.1, 0.15) is 5.78 Å². The first-order chi connectivity index (χ1) is 7.50. The highest BCUT2D eigenvalue weighted by molar-refractivity contribution is 7.12. The molecule has 0 unspecified atom stereocenters. The van der Waals surface area contributed by atoms with Crippen molar-refractivity contribution in [2.75, 3.05) is 13.1 Å². The minimum absolute atomic E-state index is 0.0515. The third-order valence-electron chi connectivity index (χ3n) is 2.97. The van der Waals surface area contributed by atoms with E-state index in [9.17, 15) is 9.59 Å². The zero-order chi connectivity index (χ0) is 11.8. The molecule has 3 nitrogen and oxygen atoms in total. The largest absolute Gasteiger partial charge is 0.337 e. The Morgan fingerprint density at radius 2 is 2.25 bits per heavy atom. The maximum atomic E-state index is 12.1. The van der Waals surface area contributed by atoms with E-state index >= 15 is 0 Å². The molecule has 16 heavy (non-hydrogen) atoms. The summed E-state index contributed by atoms with van der Waals surface area (Å²) in [7, 11) is 0. The molecule has 0 radical (unpaired) electrons. The van der Waals surface area contributed by atoms with Crippen LogP contribution in [0.4, 0.5) is 0 Å². The highest BCUT2D eigenvalue weighted by Crippen LogP contribution is 2.26. The van der Waals surface area contributed by atoms with E-state index in [0.29, 0.717) is 19.5 Å². The van der Waals surface area contributed by atoms with E-state index in [1.54, 1.807) is 4.90 Å². The SMILES string of the molecule is CC1(C)CN(C(=O)c2cccs2)CCC1=O. The summed E-state index contributed by atoms with van der Waals surface area (Å²) in [6.45, 7) is 4.90. The number of nitrogens with zero attached hydrogens (tertiary/aromatic N) is 1. The number of piperidine rings is 1. The lowest BCUT2D eigenvalue weighted by molar-refractivity contribution is -0.130. The normalized spacial score (nSPS) is 19.9. The van der Waals surface area contributed by atoms with Crippen molar-refractivity contribution < 1.29 is 9.59 Å². The van der Waals surface area contributed by atoms with Gasteiger partial charge in [-0.2, -0.15) is 0 Å². The number of carbonyl (C=O) groups is 2. The fourth-order valence-corrected chi connectivity index (χ4v) is 2.64. The molecule has 86 valence electrons. The second-order valence-electron chi connectivity index (χ2n) is 4.76. The maximum Gasteiger partial charge on any atom is 0.263 e. The van der Waals surface area contributed by atoms with Gasteiger partial charge in [-0.25, -0.2) is 0 Å². The van der Waals surface area contributed by atoms with E-state index in [4.69, 9.17) is 0 Å². The van der Waals surface area contributed by atoms with Gasteiger partial charge in [0.05, 0.1) is 4.88 Å². The van der Waals surface area contributed by atoms with Gasteiger partial charge < -0.3 is 4.90 Å². The zero-order valence-corrected chi connectivity index (χ0v) is 10.3. The number of ketones is 1. The van der Waals surface area contributed by atoms with Gasteiger partial charge in [-0.05, 0) is 11.4 Å². The highest BCUT2D eigenvalue weighted by atomic mass is 32.1. The second kappa shape index (κ2) is 4.01. The Kier molecular flexibility index (Phi) is 2.84. The molecular weight excluding hydrogens is 222 g/mol. The lowest BCUT2D eigenvalue weighted by atomic mass is 9.83. The number of hydrogen-bond donors (Lipinski definition) is 0. The van der Waals surface area contributed by atoms with Crippen molar-refractivity contribution in [2.45, 2.75) is 20.3 Å². The third-order valence-corrected chi connectivity index (χ3v) is 3.83. The molecule has 4 heteroatoms. The highest BCUT2D eigenvalue weighted by Gasteiger charge is 2.36. The molecular formula is C12H15NO2S. The minimum atomic E-state index is -0.398. The van der Waals surface area contributed by atoms with Crippen LogP contribution in [0, 0.1) is 5.41 Å². The fraction of sp³-hybridized carbons (Fsp3) is 0.500. The van der Waals surface area contributed by atoms with Crippen molar-refractivity contribution in [3.8, 4) is 0 Å². The number of thiophene rings is 1. The Morgan fingerprint density at radius 3 is 2.81 bits per heavy atom. The molecule has 1 fully saturated rings. The van der Waals surface area contributed by atoms with Crippen LogP contribution in [0.2, 0.25) is 0 Å². The summed E-state index contributed by atoms with van der Waals surface area (Å²) in [5.74, 6) is 0.304. The third kappa shape index (κ3) is 2.02. The number of rotatable bonds is 1. The zero-order valence-electron chi connectivity index (χ0n) is 9.53. The Hall–Kier alpha value is -1.16. The van der Waals surface area contributed by atoms with Crippen LogP contribution in [0.15, 0.2) is 17.5 Å². The first-order valence-corrected chi connectivity index (χ1v) is 6.25. The quantitative estimate of drug-likeness (QED) is 0.751. The molecule has 1 amide bonds. The minimum Gasteiger partial charge on any atom is -0.337 e. The summed E-state index contributed by atoms with van der Waals surface area (Å²) < 4.78 is 0. The Morgan fingerprint density at radius 1 is 1.50 bits per heavy atom. The summed E-state index contributed by atoms with van der Waals surface area (Å²) in [6, 6.07) is 3.70. The van der Waals surface area contributed by atoms with Crippen molar-refractivity contribution in [3.05, 3.63) is 22.4 Å². The monoisotopic (exact) mass is 237 g/mol. The topological polar surface area (TPSA) is 37.4 Å². The molecule has 0 aromatic carbocycles. The molecule has 0 saturated carbocycles. The van der Waals surface area contributed by atoms with Crippen molar-refractivity contribution in [1.82, 2.24) is 4.90 Å². The lowest BCUT2D eigenvalue weighted by Crippen LogP contribution is -2.48. The molecule has 1 aromatic heterocycles. The number of carbonyl (C=O) groups excluding carboxylic acids is 2. The van der Waals surface area contributed by atoms with Gasteiger partial charge in [0.25, 0.3) is 5.91 Å². The molecule has 2 heterocycles. The molecule has 0 spiro atoms. The number of Topliss-reactive ketones (excluding diaryl/α,β-unsaturated/α-hetero) is 1. The van der Waals surface area contributed by atoms with Crippen molar-refractivity contribution in [1.29, 1.82) is 0 Å². The van der Waals surface area contributed by atoms with Crippen molar-refractivity contribution in [2.24, 2.45) is 5.41 Å². The smallest absolute Gasteiger partial charge is 0.263 e. The van der Waals surface area contributed by atoms with Crippen LogP contribution in [0.25, 0.3) is 0 Å². The van der Waals surface area contributed by atoms with Gasteiger partial charge in [0.15, 0.2) is 0 Å². The van der Waals surface area contributed by atoms with Crippen molar-refractivity contribution in [3.63, 3.8) is 0 Å². The number of likely N-dealkylation sites (tertiary alicyclic amines) is 1. The Bertz CT molecular complexity index is 409. The molecule has 1 saturated heterocycles. The number of hydrogen-bond acceptors (Lipinski definition) is 3. The standard InChI is InChI=1S/C12H15NO2S/c1-12(2)8-13(6-5-10(12)14)11(15)9-4-3-7-16-9/h3-4,7H,5-6,8H2,1-2H3. The van der Waals surface area contributed by atoms with Crippen LogP contribution in [-0.4, -0.2) is 29.7 Å². The second-order valence-corrected chi connectivity index (χ2v) is 5.71. The molecule has 1 aliphatic heterocycles. The summed E-state index contributed by atoms with van der Waals surface area (Å²) in [5.41, 5.74) is -0.398. The predicted molar refractivity (Wildman–Crippen MR) is 63.6 cm³/mol. The molecule has 2 rings (SSSR count). The van der Waals surface area contributed by atoms with Gasteiger partial charge in [0, 0.05) is 24.9 Å². The summed E-state index contributed by atoms with van der Waals surface area (Å²) >= 11 is 1.45.